The van der Waals surface area contributed by atoms with Gasteiger partial charge < -0.3 is 9.88 Å². The Kier molecular flexibility index (Phi) is 1.11. The Morgan fingerprint density at radius 1 is 1.50 bits per heavy atom. The third kappa shape index (κ3) is 0.793. The molecular weight excluding hydrogens is 150 g/mol. The van der Waals surface area contributed by atoms with Gasteiger partial charge in [-0.1, -0.05) is 0 Å². The van der Waals surface area contributed by atoms with E-state index in [0.29, 0.717) is 0 Å². The fourth-order valence-corrected chi connectivity index (χ4v) is 1.69. The van der Waals surface area contributed by atoms with E-state index in [1.54, 1.807) is 6.34 Å². The van der Waals surface area contributed by atoms with Crippen molar-refractivity contribution in [2.75, 3.05) is 5.32 Å². The van der Waals surface area contributed by atoms with Crippen molar-refractivity contribution >= 4 is 12.2 Å². The van der Waals surface area contributed by atoms with Crippen molar-refractivity contribution < 1.29 is 0 Å². The van der Waals surface area contributed by atoms with Crippen molar-refractivity contribution in [3.05, 3.63) is 17.8 Å². The predicted octanol–water partition coefficient (Wildman–Crippen LogP) is 1.78. The molecule has 1 aliphatic heterocycles. The van der Waals surface area contributed by atoms with Crippen LogP contribution in [0.5, 0.6) is 0 Å². The van der Waals surface area contributed by atoms with Crippen molar-refractivity contribution in [1.29, 1.82) is 0 Å². The van der Waals surface area contributed by atoms with Crippen LogP contribution in [0.2, 0.25) is 0 Å². The van der Waals surface area contributed by atoms with Gasteiger partial charge in [-0.3, -0.25) is 4.99 Å². The van der Waals surface area contributed by atoms with Crippen molar-refractivity contribution in [1.82, 2.24) is 4.57 Å². The Morgan fingerprint density at radius 2 is 2.42 bits per heavy atom. The van der Waals surface area contributed by atoms with Gasteiger partial charge in [0.25, 0.3) is 0 Å². The summed E-state index contributed by atoms with van der Waals surface area (Å²) >= 11 is 0. The molecule has 3 nitrogen and oxygen atoms in total. The van der Waals surface area contributed by atoms with Crippen molar-refractivity contribution in [3.8, 4) is 0 Å². The third-order valence-corrected chi connectivity index (χ3v) is 2.49. The van der Waals surface area contributed by atoms with Crippen LogP contribution < -0.4 is 5.32 Å². The van der Waals surface area contributed by atoms with Crippen LogP contribution in [0, 0.1) is 0 Å². The quantitative estimate of drug-likeness (QED) is 0.668. The molecule has 1 saturated carbocycles. The molecule has 2 heterocycles. The molecule has 0 radical (unpaired) electrons. The van der Waals surface area contributed by atoms with Gasteiger partial charge in [-0.2, -0.15) is 0 Å². The van der Waals surface area contributed by atoms with E-state index < -0.39 is 0 Å². The molecule has 1 aliphatic carbocycles. The molecule has 0 atom stereocenters. The van der Waals surface area contributed by atoms with Gasteiger partial charge in [0, 0.05) is 17.8 Å². The summed E-state index contributed by atoms with van der Waals surface area (Å²) in [4.78, 5) is 4.16. The highest BCUT2D eigenvalue weighted by Crippen LogP contribution is 2.39. The first-order valence-electron chi connectivity index (χ1n) is 4.40. The highest BCUT2D eigenvalue weighted by atomic mass is 15.2. The molecule has 0 aromatic carbocycles. The fraction of sp³-hybridized carbons (Fsp3) is 0.444. The highest BCUT2D eigenvalue weighted by Gasteiger charge is 2.26. The Balaban J connectivity index is 2.06. The highest BCUT2D eigenvalue weighted by molar-refractivity contribution is 5.78. The van der Waals surface area contributed by atoms with Crippen LogP contribution in [0.3, 0.4) is 0 Å². The van der Waals surface area contributed by atoms with Crippen LogP contribution in [-0.4, -0.2) is 10.9 Å². The number of anilines is 1. The molecule has 2 aliphatic rings. The fourth-order valence-electron chi connectivity index (χ4n) is 1.69. The van der Waals surface area contributed by atoms with Gasteiger partial charge in [0.15, 0.2) is 0 Å². The lowest BCUT2D eigenvalue weighted by molar-refractivity contribution is 0.753. The number of fused-ring (bicyclic) bond motifs is 1. The monoisotopic (exact) mass is 161 g/mol. The summed E-state index contributed by atoms with van der Waals surface area (Å²) < 4.78 is 2.33. The lowest BCUT2D eigenvalue weighted by Gasteiger charge is -2.11. The molecule has 12 heavy (non-hydrogen) atoms. The van der Waals surface area contributed by atoms with E-state index in [2.05, 4.69) is 27.1 Å². The molecule has 0 amide bonds. The lowest BCUT2D eigenvalue weighted by Crippen LogP contribution is -2.08. The summed E-state index contributed by atoms with van der Waals surface area (Å²) in [6.07, 6.45) is 6.63. The second kappa shape index (κ2) is 2.12. The Labute approximate surface area is 71.1 Å². The van der Waals surface area contributed by atoms with Crippen LogP contribution in [0.4, 0.5) is 5.82 Å². The molecule has 3 heteroatoms. The van der Waals surface area contributed by atoms with E-state index in [9.17, 15) is 0 Å². The molecule has 0 unspecified atom stereocenters. The van der Waals surface area contributed by atoms with Gasteiger partial charge in [-0.15, -0.1) is 0 Å². The van der Waals surface area contributed by atoms with Crippen molar-refractivity contribution in [2.24, 2.45) is 4.99 Å². The van der Waals surface area contributed by atoms with Crippen LogP contribution in [-0.2, 0) is 6.54 Å². The summed E-state index contributed by atoms with van der Waals surface area (Å²) in [5, 5.41) is 3.20. The minimum atomic E-state index is 0.757. The minimum absolute atomic E-state index is 0.757. The number of nitrogens with one attached hydrogen (secondary N) is 1. The van der Waals surface area contributed by atoms with Gasteiger partial charge >= 0.3 is 0 Å². The molecule has 1 N–H and O–H groups in total. The van der Waals surface area contributed by atoms with Crippen molar-refractivity contribution in [2.45, 2.75) is 25.4 Å². The molecule has 62 valence electrons. The second-order valence-corrected chi connectivity index (χ2v) is 3.44. The molecular formula is C9H11N3. The van der Waals surface area contributed by atoms with E-state index in [-0.39, 0.29) is 0 Å². The number of rotatable bonds is 1. The molecule has 1 aromatic rings. The smallest absolute Gasteiger partial charge is 0.116 e. The maximum Gasteiger partial charge on any atom is 0.116 e. The van der Waals surface area contributed by atoms with E-state index in [1.165, 1.54) is 24.2 Å². The minimum Gasteiger partial charge on any atom is -0.333 e. The number of hydrogen-bond acceptors (Lipinski definition) is 2. The molecule has 0 bridgehead atoms. The summed E-state index contributed by atoms with van der Waals surface area (Å²) in [5.41, 5.74) is 1.32. The molecule has 3 rings (SSSR count). The van der Waals surface area contributed by atoms with Crippen LogP contribution in [0.1, 0.15) is 24.4 Å². The van der Waals surface area contributed by atoms with E-state index >= 15 is 0 Å². The van der Waals surface area contributed by atoms with Gasteiger partial charge in [-0.25, -0.2) is 0 Å². The largest absolute Gasteiger partial charge is 0.333 e. The topological polar surface area (TPSA) is 29.3 Å². The zero-order chi connectivity index (χ0) is 7.97. The van der Waals surface area contributed by atoms with Crippen LogP contribution in [0.15, 0.2) is 17.3 Å². The summed E-state index contributed by atoms with van der Waals surface area (Å²) in [6, 6.07) is 2.92. The van der Waals surface area contributed by atoms with Crippen LogP contribution in [0.25, 0.3) is 0 Å². The average Bonchev–Trinajstić information content (AvgIpc) is 2.86. The van der Waals surface area contributed by atoms with E-state index in [4.69, 9.17) is 0 Å². The molecule has 0 saturated heterocycles. The van der Waals surface area contributed by atoms with E-state index in [1.807, 2.05) is 0 Å². The zero-order valence-corrected chi connectivity index (χ0v) is 6.83. The number of hydrogen-bond donors (Lipinski definition) is 1. The van der Waals surface area contributed by atoms with Crippen molar-refractivity contribution in [3.63, 3.8) is 0 Å². The van der Waals surface area contributed by atoms with Gasteiger partial charge in [0.2, 0.25) is 0 Å². The number of aliphatic imine (C=N–C) groups is 1. The number of aromatic nitrogens is 1. The van der Waals surface area contributed by atoms with Gasteiger partial charge in [0.1, 0.15) is 5.82 Å². The SMILES string of the molecule is C1=NCc2ccn(C3CC3)c2N1. The maximum atomic E-state index is 4.16. The zero-order valence-electron chi connectivity index (χ0n) is 6.83. The average molecular weight is 161 g/mol. The Morgan fingerprint density at radius 3 is 3.25 bits per heavy atom. The lowest BCUT2D eigenvalue weighted by atomic mass is 10.3. The predicted molar refractivity (Wildman–Crippen MR) is 48.5 cm³/mol. The standard InChI is InChI=1S/C9H11N3/c1-2-8(1)12-4-3-7-5-10-6-11-9(7)12/h3-4,6,8H,1-2,5H2,(H,10,11). The van der Waals surface area contributed by atoms with E-state index in [0.717, 1.165) is 12.6 Å². The molecule has 1 fully saturated rings. The maximum absolute atomic E-state index is 4.16. The molecule has 1 aromatic heterocycles. The normalized spacial score (nSPS) is 20.3. The number of nitrogens with zero attached hydrogens (tertiary/aromatic N) is 2. The second-order valence-electron chi connectivity index (χ2n) is 3.44. The first kappa shape index (κ1) is 6.29. The molecule has 0 spiro atoms. The van der Waals surface area contributed by atoms with Crippen LogP contribution >= 0.6 is 0 Å². The van der Waals surface area contributed by atoms with Gasteiger partial charge in [-0.05, 0) is 18.9 Å². The Bertz CT molecular complexity index is 334. The third-order valence-electron chi connectivity index (χ3n) is 2.49. The summed E-state index contributed by atoms with van der Waals surface area (Å²) in [5.74, 6) is 1.26. The summed E-state index contributed by atoms with van der Waals surface area (Å²) in [6.45, 7) is 0.835. The Hall–Kier alpha value is -1.25. The first-order chi connectivity index (χ1) is 5.95. The first-order valence-corrected chi connectivity index (χ1v) is 4.40. The van der Waals surface area contributed by atoms with Gasteiger partial charge in [0.05, 0.1) is 12.9 Å². The summed E-state index contributed by atoms with van der Waals surface area (Å²) in [7, 11) is 0.